The Balaban J connectivity index is 2.29. The molecule has 1 rings (SSSR count). The highest BCUT2D eigenvalue weighted by atomic mass is 16.6. The van der Waals surface area contributed by atoms with Crippen LogP contribution in [-0.2, 0) is 21.0 Å². The summed E-state index contributed by atoms with van der Waals surface area (Å²) in [5.41, 5.74) is 4.13. The summed E-state index contributed by atoms with van der Waals surface area (Å²) in [7, 11) is 1.42. The van der Waals surface area contributed by atoms with Crippen LogP contribution in [0.4, 0.5) is 0 Å². The second-order valence-corrected chi connectivity index (χ2v) is 5.57. The van der Waals surface area contributed by atoms with Gasteiger partial charge in [0.1, 0.15) is 0 Å². The summed E-state index contributed by atoms with van der Waals surface area (Å²) in [5.74, 6) is -0.200. The maximum atomic E-state index is 11.5. The predicted octanol–water partition coefficient (Wildman–Crippen LogP) is 4.00. The summed E-state index contributed by atoms with van der Waals surface area (Å²) >= 11 is 0. The Kier molecular flexibility index (Phi) is 10.3. The maximum Gasteiger partial charge on any atom is 0.307 e. The van der Waals surface area contributed by atoms with Gasteiger partial charge in [0, 0.05) is 6.04 Å². The largest absolute Gasteiger partial charge is 0.469 e. The zero-order valence-electron chi connectivity index (χ0n) is 13.8. The molecular weight excluding hydrogens is 278 g/mol. The minimum absolute atomic E-state index is 0.0118. The molecule has 124 valence electrons. The fourth-order valence-electron chi connectivity index (χ4n) is 2.30. The summed E-state index contributed by atoms with van der Waals surface area (Å²) in [5, 5.41) is 0. The van der Waals surface area contributed by atoms with E-state index < -0.39 is 0 Å². The summed E-state index contributed by atoms with van der Waals surface area (Å²) in [4.78, 5) is 17.0. The van der Waals surface area contributed by atoms with E-state index in [1.54, 1.807) is 0 Å². The van der Waals surface area contributed by atoms with Gasteiger partial charge in [-0.05, 0) is 12.0 Å². The van der Waals surface area contributed by atoms with Gasteiger partial charge in [-0.1, -0.05) is 69.4 Å². The maximum absolute atomic E-state index is 11.5. The van der Waals surface area contributed by atoms with Gasteiger partial charge in [-0.3, -0.25) is 9.63 Å². The van der Waals surface area contributed by atoms with E-state index in [1.807, 2.05) is 30.3 Å². The van der Waals surface area contributed by atoms with Crippen LogP contribution < -0.4 is 5.48 Å². The molecule has 1 aromatic carbocycles. The van der Waals surface area contributed by atoms with Crippen LogP contribution in [0.15, 0.2) is 30.3 Å². The van der Waals surface area contributed by atoms with E-state index in [9.17, 15) is 4.79 Å². The Morgan fingerprint density at radius 3 is 2.55 bits per heavy atom. The van der Waals surface area contributed by atoms with Crippen molar-refractivity contribution in [2.75, 3.05) is 7.11 Å². The van der Waals surface area contributed by atoms with E-state index >= 15 is 0 Å². The second kappa shape index (κ2) is 12.2. The molecule has 0 heterocycles. The number of rotatable bonds is 12. The molecule has 22 heavy (non-hydrogen) atoms. The molecule has 0 amide bonds. The molecule has 4 heteroatoms. The van der Waals surface area contributed by atoms with Crippen LogP contribution in [0.5, 0.6) is 0 Å². The topological polar surface area (TPSA) is 47.6 Å². The molecule has 0 saturated carbocycles. The predicted molar refractivity (Wildman–Crippen MR) is 88.2 cm³/mol. The first-order valence-corrected chi connectivity index (χ1v) is 8.24. The normalized spacial score (nSPS) is 12.1. The van der Waals surface area contributed by atoms with Crippen molar-refractivity contribution in [1.82, 2.24) is 5.48 Å². The van der Waals surface area contributed by atoms with Crippen LogP contribution in [-0.4, -0.2) is 19.1 Å². The van der Waals surface area contributed by atoms with Crippen molar-refractivity contribution in [1.29, 1.82) is 0 Å². The highest BCUT2D eigenvalue weighted by Crippen LogP contribution is 2.10. The first kappa shape index (κ1) is 18.7. The van der Waals surface area contributed by atoms with Crippen molar-refractivity contribution in [3.8, 4) is 0 Å². The Hall–Kier alpha value is -1.39. The molecule has 1 atom stereocenters. The van der Waals surface area contributed by atoms with Crippen LogP contribution in [0.1, 0.15) is 57.4 Å². The van der Waals surface area contributed by atoms with E-state index in [1.165, 1.54) is 32.8 Å². The third-order valence-electron chi connectivity index (χ3n) is 3.63. The highest BCUT2D eigenvalue weighted by Gasteiger charge is 2.14. The van der Waals surface area contributed by atoms with Crippen LogP contribution in [0.2, 0.25) is 0 Å². The van der Waals surface area contributed by atoms with Gasteiger partial charge in [-0.25, -0.2) is 0 Å². The molecule has 0 aliphatic carbocycles. The number of hydrogen-bond acceptors (Lipinski definition) is 4. The van der Waals surface area contributed by atoms with Crippen LogP contribution in [0.3, 0.4) is 0 Å². The molecular formula is C18H29NO3. The average Bonchev–Trinajstić information content (AvgIpc) is 2.55. The molecule has 0 fully saturated rings. The average molecular weight is 307 g/mol. The molecule has 0 aliphatic rings. The lowest BCUT2D eigenvalue weighted by Gasteiger charge is -2.17. The molecule has 0 spiro atoms. The van der Waals surface area contributed by atoms with E-state index in [0.717, 1.165) is 18.4 Å². The van der Waals surface area contributed by atoms with Gasteiger partial charge >= 0.3 is 5.97 Å². The fraction of sp³-hybridized carbons (Fsp3) is 0.611. The zero-order valence-corrected chi connectivity index (χ0v) is 13.8. The van der Waals surface area contributed by atoms with Crippen molar-refractivity contribution in [2.45, 2.75) is 64.5 Å². The Labute approximate surface area is 134 Å². The number of methoxy groups -OCH3 is 1. The van der Waals surface area contributed by atoms with Crippen LogP contribution >= 0.6 is 0 Å². The minimum atomic E-state index is -0.200. The van der Waals surface area contributed by atoms with Gasteiger partial charge in [0.05, 0.1) is 20.1 Å². The number of hydrogen-bond donors (Lipinski definition) is 1. The Morgan fingerprint density at radius 1 is 1.14 bits per heavy atom. The highest BCUT2D eigenvalue weighted by molar-refractivity contribution is 5.69. The van der Waals surface area contributed by atoms with Crippen molar-refractivity contribution in [2.24, 2.45) is 0 Å². The molecule has 4 nitrogen and oxygen atoms in total. The lowest BCUT2D eigenvalue weighted by Crippen LogP contribution is -2.32. The Morgan fingerprint density at radius 2 is 1.86 bits per heavy atom. The van der Waals surface area contributed by atoms with Crippen LogP contribution in [0.25, 0.3) is 0 Å². The lowest BCUT2D eigenvalue weighted by atomic mass is 10.0. The van der Waals surface area contributed by atoms with Gasteiger partial charge in [0.15, 0.2) is 0 Å². The van der Waals surface area contributed by atoms with Gasteiger partial charge in [0.2, 0.25) is 0 Å². The molecule has 0 radical (unpaired) electrons. The first-order valence-electron chi connectivity index (χ1n) is 8.24. The molecule has 0 saturated heterocycles. The second-order valence-electron chi connectivity index (χ2n) is 5.57. The zero-order chi connectivity index (χ0) is 16.0. The molecule has 0 unspecified atom stereocenters. The number of nitrogens with one attached hydrogen (secondary N) is 1. The minimum Gasteiger partial charge on any atom is -0.469 e. The summed E-state index contributed by atoms with van der Waals surface area (Å²) in [6, 6.07) is 9.99. The number of ether oxygens (including phenoxy) is 1. The number of benzene rings is 1. The van der Waals surface area contributed by atoms with Gasteiger partial charge < -0.3 is 4.74 Å². The lowest BCUT2D eigenvalue weighted by molar-refractivity contribution is -0.142. The SMILES string of the molecule is CCCCCCC[C@@H](CC(=O)OC)NOCc1ccccc1. The summed E-state index contributed by atoms with van der Waals surface area (Å²) in [6.07, 6.45) is 7.35. The third kappa shape index (κ3) is 8.80. The quantitative estimate of drug-likeness (QED) is 0.360. The number of carbonyl (C=O) groups excluding carboxylic acids is 1. The van der Waals surface area contributed by atoms with Crippen molar-refractivity contribution in [3.63, 3.8) is 0 Å². The first-order chi connectivity index (χ1) is 10.8. The standard InChI is InChI=1S/C18H29NO3/c1-3-4-5-6-10-13-17(14-18(20)21-2)19-22-15-16-11-8-7-9-12-16/h7-9,11-12,17,19H,3-6,10,13-15H2,1-2H3/t17-/m0/s1. The van der Waals surface area contributed by atoms with E-state index in [0.29, 0.717) is 13.0 Å². The van der Waals surface area contributed by atoms with Crippen LogP contribution in [0, 0.1) is 0 Å². The molecule has 1 aromatic rings. The molecule has 0 bridgehead atoms. The fourth-order valence-corrected chi connectivity index (χ4v) is 2.30. The number of hydroxylamine groups is 1. The number of esters is 1. The number of carbonyl (C=O) groups is 1. The smallest absolute Gasteiger partial charge is 0.307 e. The molecule has 0 aliphatic heterocycles. The Bertz CT molecular complexity index is 395. The molecule has 0 aromatic heterocycles. The summed E-state index contributed by atoms with van der Waals surface area (Å²) in [6.45, 7) is 2.70. The van der Waals surface area contributed by atoms with Gasteiger partial charge in [-0.15, -0.1) is 0 Å². The van der Waals surface area contributed by atoms with Crippen molar-refractivity contribution < 1.29 is 14.4 Å². The number of unbranched alkanes of at least 4 members (excludes halogenated alkanes) is 4. The van der Waals surface area contributed by atoms with Gasteiger partial charge in [-0.2, -0.15) is 5.48 Å². The monoisotopic (exact) mass is 307 g/mol. The van der Waals surface area contributed by atoms with E-state index in [2.05, 4.69) is 12.4 Å². The van der Waals surface area contributed by atoms with E-state index in [-0.39, 0.29) is 12.0 Å². The molecule has 1 N–H and O–H groups in total. The summed E-state index contributed by atoms with van der Waals surface area (Å²) < 4.78 is 4.76. The van der Waals surface area contributed by atoms with E-state index in [4.69, 9.17) is 9.57 Å². The van der Waals surface area contributed by atoms with Crippen molar-refractivity contribution in [3.05, 3.63) is 35.9 Å². The van der Waals surface area contributed by atoms with Gasteiger partial charge in [0.25, 0.3) is 0 Å². The third-order valence-corrected chi connectivity index (χ3v) is 3.63. The van der Waals surface area contributed by atoms with Crippen molar-refractivity contribution >= 4 is 5.97 Å².